The molecule has 2 aromatic carbocycles. The van der Waals surface area contributed by atoms with Gasteiger partial charge in [0.1, 0.15) is 6.61 Å². The van der Waals surface area contributed by atoms with Crippen molar-refractivity contribution >= 4 is 22.7 Å². The van der Waals surface area contributed by atoms with Gasteiger partial charge < -0.3 is 9.47 Å². The number of nitro benzene ring substituents is 1. The van der Waals surface area contributed by atoms with Crippen LogP contribution in [0.3, 0.4) is 0 Å². The smallest absolute Gasteiger partial charge is 0.338 e. The number of halogens is 2. The van der Waals surface area contributed by atoms with E-state index in [1.165, 1.54) is 25.3 Å². The number of rotatable bonds is 6. The molecule has 0 aliphatic carbocycles. The number of nitro groups is 1. The molecule has 10 heteroatoms. The van der Waals surface area contributed by atoms with Gasteiger partial charge in [0.25, 0.3) is 0 Å². The third-order valence-electron chi connectivity index (χ3n) is 3.81. The minimum Gasteiger partial charge on any atom is -0.490 e. The first-order chi connectivity index (χ1) is 12.9. The summed E-state index contributed by atoms with van der Waals surface area (Å²) in [6, 6.07) is 9.82. The number of nitrogens with zero attached hydrogens (tertiary/aromatic N) is 3. The summed E-state index contributed by atoms with van der Waals surface area (Å²) in [6.07, 6.45) is 0. The van der Waals surface area contributed by atoms with Gasteiger partial charge in [0.05, 0.1) is 28.6 Å². The van der Waals surface area contributed by atoms with E-state index in [1.807, 2.05) is 0 Å². The molecule has 1 aromatic heterocycles. The molecule has 0 unspecified atom stereocenters. The highest BCUT2D eigenvalue weighted by Crippen LogP contribution is 2.28. The minimum atomic E-state index is -2.87. The number of hydrogen-bond acceptors (Lipinski definition) is 6. The molecule has 8 nitrogen and oxygen atoms in total. The minimum absolute atomic E-state index is 0.0176. The Kier molecular flexibility index (Phi) is 4.97. The fourth-order valence-electron chi connectivity index (χ4n) is 2.59. The zero-order valence-corrected chi connectivity index (χ0v) is 14.0. The lowest BCUT2D eigenvalue weighted by Crippen LogP contribution is -2.11. The number of hydrogen-bond donors (Lipinski definition) is 0. The van der Waals surface area contributed by atoms with E-state index >= 15 is 0 Å². The normalized spacial score (nSPS) is 11.0. The molecule has 27 heavy (non-hydrogen) atoms. The Labute approximate surface area is 151 Å². The van der Waals surface area contributed by atoms with Crippen LogP contribution in [0.25, 0.3) is 11.0 Å². The van der Waals surface area contributed by atoms with Crippen molar-refractivity contribution in [2.45, 2.75) is 13.2 Å². The Morgan fingerprint density at radius 3 is 2.70 bits per heavy atom. The van der Waals surface area contributed by atoms with E-state index < -0.39 is 29.7 Å². The number of carbonyl (C=O) groups excluding carboxylic acids is 1. The van der Waals surface area contributed by atoms with Gasteiger partial charge in [-0.3, -0.25) is 14.7 Å². The number of methoxy groups -OCH3 is 1. The highest BCUT2D eigenvalue weighted by atomic mass is 19.3. The highest BCUT2D eigenvalue weighted by Gasteiger charge is 2.21. The van der Waals surface area contributed by atoms with Crippen LogP contribution < -0.4 is 4.74 Å². The van der Waals surface area contributed by atoms with Crippen molar-refractivity contribution in [3.63, 3.8) is 0 Å². The quantitative estimate of drug-likeness (QED) is 0.369. The van der Waals surface area contributed by atoms with Crippen molar-refractivity contribution in [1.82, 2.24) is 9.55 Å². The Balaban J connectivity index is 1.84. The summed E-state index contributed by atoms with van der Waals surface area (Å²) in [4.78, 5) is 26.6. The number of ether oxygens (including phenoxy) is 2. The molecule has 0 amide bonds. The summed E-state index contributed by atoms with van der Waals surface area (Å²) in [5, 5.41) is 11.0. The fraction of sp³-hybridized carbons (Fsp3) is 0.176. The van der Waals surface area contributed by atoms with Crippen LogP contribution in [0.1, 0.15) is 22.7 Å². The molecule has 0 aliphatic heterocycles. The average Bonchev–Trinajstić information content (AvgIpc) is 3.04. The van der Waals surface area contributed by atoms with Crippen molar-refractivity contribution < 1.29 is 28.0 Å². The first-order valence-electron chi connectivity index (χ1n) is 7.66. The number of imidazole rings is 1. The predicted octanol–water partition coefficient (Wildman–Crippen LogP) is 3.71. The standard InChI is InChI=1S/C17H13F2N3O5/c1-26-14-7-6-10(8-13(14)22(24)25)16(23)27-9-15-20-11-4-2-3-5-12(11)21(15)17(18)19/h2-8,17H,9H2,1H3. The van der Waals surface area contributed by atoms with Crippen molar-refractivity contribution in [2.75, 3.05) is 7.11 Å². The van der Waals surface area contributed by atoms with Gasteiger partial charge in [0, 0.05) is 6.07 Å². The van der Waals surface area contributed by atoms with Gasteiger partial charge >= 0.3 is 18.2 Å². The molecule has 0 bridgehead atoms. The number of benzene rings is 2. The molecule has 0 saturated carbocycles. The number of alkyl halides is 2. The monoisotopic (exact) mass is 377 g/mol. The molecular formula is C17H13F2N3O5. The topological polar surface area (TPSA) is 96.5 Å². The second-order valence-corrected chi connectivity index (χ2v) is 5.38. The molecule has 0 spiro atoms. The number of para-hydroxylation sites is 2. The Hall–Kier alpha value is -3.56. The van der Waals surface area contributed by atoms with Crippen LogP contribution in [0.2, 0.25) is 0 Å². The lowest BCUT2D eigenvalue weighted by atomic mass is 10.2. The second-order valence-electron chi connectivity index (χ2n) is 5.38. The number of fused-ring (bicyclic) bond motifs is 1. The van der Waals surface area contributed by atoms with Gasteiger partial charge in [0.2, 0.25) is 0 Å². The number of esters is 1. The van der Waals surface area contributed by atoms with Crippen LogP contribution in [0.5, 0.6) is 5.75 Å². The first kappa shape index (κ1) is 18.2. The van der Waals surface area contributed by atoms with E-state index in [2.05, 4.69) is 4.98 Å². The zero-order chi connectivity index (χ0) is 19.6. The van der Waals surface area contributed by atoms with Gasteiger partial charge in [-0.25, -0.2) is 9.78 Å². The first-order valence-corrected chi connectivity index (χ1v) is 7.66. The maximum absolute atomic E-state index is 13.4. The maximum atomic E-state index is 13.4. The van der Waals surface area contributed by atoms with E-state index in [-0.39, 0.29) is 22.7 Å². The van der Waals surface area contributed by atoms with Crippen LogP contribution in [0.15, 0.2) is 42.5 Å². The van der Waals surface area contributed by atoms with E-state index in [1.54, 1.807) is 18.2 Å². The van der Waals surface area contributed by atoms with E-state index in [0.29, 0.717) is 10.1 Å². The van der Waals surface area contributed by atoms with Crippen molar-refractivity contribution in [1.29, 1.82) is 0 Å². The molecule has 0 fully saturated rings. The largest absolute Gasteiger partial charge is 0.490 e. The van der Waals surface area contributed by atoms with Gasteiger partial charge in [-0.05, 0) is 24.3 Å². The van der Waals surface area contributed by atoms with Crippen LogP contribution in [0, 0.1) is 10.1 Å². The zero-order valence-electron chi connectivity index (χ0n) is 14.0. The molecule has 0 N–H and O–H groups in total. The second kappa shape index (κ2) is 7.36. The van der Waals surface area contributed by atoms with E-state index in [9.17, 15) is 23.7 Å². The third kappa shape index (κ3) is 3.54. The molecule has 3 aromatic rings. The van der Waals surface area contributed by atoms with Crippen LogP contribution in [-0.2, 0) is 11.3 Å². The molecule has 1 heterocycles. The van der Waals surface area contributed by atoms with Gasteiger partial charge in [-0.2, -0.15) is 8.78 Å². The number of aromatic nitrogens is 2. The number of carbonyl (C=O) groups is 1. The molecule has 140 valence electrons. The lowest BCUT2D eigenvalue weighted by Gasteiger charge is -2.09. The maximum Gasteiger partial charge on any atom is 0.338 e. The van der Waals surface area contributed by atoms with E-state index in [0.717, 1.165) is 6.07 Å². The van der Waals surface area contributed by atoms with Crippen molar-refractivity contribution in [3.05, 3.63) is 64.0 Å². The predicted molar refractivity (Wildman–Crippen MR) is 89.8 cm³/mol. The van der Waals surface area contributed by atoms with Crippen LogP contribution in [-0.4, -0.2) is 27.6 Å². The fourth-order valence-corrected chi connectivity index (χ4v) is 2.59. The molecule has 3 rings (SSSR count). The van der Waals surface area contributed by atoms with Crippen LogP contribution >= 0.6 is 0 Å². The Bertz CT molecular complexity index is 1020. The summed E-state index contributed by atoms with van der Waals surface area (Å²) in [6.45, 7) is -3.38. The lowest BCUT2D eigenvalue weighted by molar-refractivity contribution is -0.385. The van der Waals surface area contributed by atoms with Gasteiger partial charge in [-0.15, -0.1) is 0 Å². The van der Waals surface area contributed by atoms with Gasteiger partial charge in [-0.1, -0.05) is 12.1 Å². The Morgan fingerprint density at radius 2 is 2.04 bits per heavy atom. The molecule has 0 saturated heterocycles. The Morgan fingerprint density at radius 1 is 1.30 bits per heavy atom. The molecule has 0 atom stereocenters. The summed E-state index contributed by atoms with van der Waals surface area (Å²) < 4.78 is 37.3. The molecular weight excluding hydrogens is 364 g/mol. The van der Waals surface area contributed by atoms with Crippen LogP contribution in [0.4, 0.5) is 14.5 Å². The summed E-state index contributed by atoms with van der Waals surface area (Å²) in [5.74, 6) is -1.06. The van der Waals surface area contributed by atoms with Gasteiger partial charge in [0.15, 0.2) is 11.6 Å². The highest BCUT2D eigenvalue weighted by molar-refractivity contribution is 5.90. The van der Waals surface area contributed by atoms with Crippen molar-refractivity contribution in [2.24, 2.45) is 0 Å². The van der Waals surface area contributed by atoms with E-state index in [4.69, 9.17) is 9.47 Å². The molecule has 0 aliphatic rings. The average molecular weight is 377 g/mol. The summed E-state index contributed by atoms with van der Waals surface area (Å²) in [7, 11) is 1.26. The van der Waals surface area contributed by atoms with Crippen molar-refractivity contribution in [3.8, 4) is 5.75 Å². The SMILES string of the molecule is COc1ccc(C(=O)OCc2nc3ccccc3n2C(F)F)cc1[N+](=O)[O-]. The summed E-state index contributed by atoms with van der Waals surface area (Å²) >= 11 is 0. The third-order valence-corrected chi connectivity index (χ3v) is 3.81. The summed E-state index contributed by atoms with van der Waals surface area (Å²) in [5.41, 5.74) is 0.0246. The molecule has 0 radical (unpaired) electrons.